The largest absolute Gasteiger partial charge is 0.481 e. The number of hydrogen-bond acceptors (Lipinski definition) is 4. The van der Waals surface area contributed by atoms with E-state index >= 15 is 0 Å². The number of carbonyl (C=O) groups excluding carboxylic acids is 1. The lowest BCUT2D eigenvalue weighted by Gasteiger charge is -2.42. The molecule has 2 N–H and O–H groups in total. The Morgan fingerprint density at radius 3 is 1.83 bits per heavy atom. The van der Waals surface area contributed by atoms with Gasteiger partial charge in [-0.2, -0.15) is 0 Å². The average Bonchev–Trinajstić information content (AvgIpc) is 2.49. The quantitative estimate of drug-likeness (QED) is 0.661. The number of nitrogens with zero attached hydrogens (tertiary/aromatic N) is 2. The summed E-state index contributed by atoms with van der Waals surface area (Å²) >= 11 is 0. The van der Waals surface area contributed by atoms with E-state index in [0.29, 0.717) is 51.7 Å². The Morgan fingerprint density at radius 1 is 0.957 bits per heavy atom. The molecule has 1 amide bonds. The van der Waals surface area contributed by atoms with Gasteiger partial charge in [0, 0.05) is 38.9 Å². The zero-order chi connectivity index (χ0) is 17.5. The lowest BCUT2D eigenvalue weighted by atomic mass is 9.71. The van der Waals surface area contributed by atoms with Gasteiger partial charge in [0.2, 0.25) is 5.91 Å². The molecule has 0 bridgehead atoms. The van der Waals surface area contributed by atoms with Crippen molar-refractivity contribution in [3.8, 4) is 0 Å². The summed E-state index contributed by atoms with van der Waals surface area (Å²) < 4.78 is 0. The summed E-state index contributed by atoms with van der Waals surface area (Å²) in [6.07, 6.45) is 2.90. The zero-order valence-corrected chi connectivity index (χ0v) is 14.1. The number of carboxylic acids is 2. The van der Waals surface area contributed by atoms with Gasteiger partial charge < -0.3 is 20.0 Å². The highest BCUT2D eigenvalue weighted by molar-refractivity contribution is 5.76. The third-order valence-corrected chi connectivity index (χ3v) is 4.69. The van der Waals surface area contributed by atoms with E-state index in [0.717, 1.165) is 0 Å². The number of carbonyl (C=O) groups is 3. The first kappa shape index (κ1) is 19.4. The smallest absolute Gasteiger partial charge is 0.303 e. The maximum absolute atomic E-state index is 12.2. The highest BCUT2D eigenvalue weighted by Crippen LogP contribution is 2.40. The van der Waals surface area contributed by atoms with Gasteiger partial charge in [0.15, 0.2) is 0 Å². The van der Waals surface area contributed by atoms with E-state index in [9.17, 15) is 14.4 Å². The van der Waals surface area contributed by atoms with Crippen molar-refractivity contribution < 1.29 is 24.6 Å². The second-order valence-corrected chi connectivity index (χ2v) is 6.72. The molecule has 0 spiro atoms. The van der Waals surface area contributed by atoms with Gasteiger partial charge in [-0.3, -0.25) is 14.4 Å². The van der Waals surface area contributed by atoms with Gasteiger partial charge in [0.1, 0.15) is 0 Å². The van der Waals surface area contributed by atoms with Crippen molar-refractivity contribution in [2.24, 2.45) is 5.41 Å². The normalized spacial score (nSPS) is 17.3. The summed E-state index contributed by atoms with van der Waals surface area (Å²) in [6.45, 7) is 1.88. The standard InChI is InChI=1S/C16H28N2O5/c1-17(2)10-5-13(19)18-11-8-16(9-12-18,6-3-14(20)21)7-4-15(22)23/h3-12H2,1-2H3,(H,20,21)(H,22,23). The van der Waals surface area contributed by atoms with Gasteiger partial charge in [0.25, 0.3) is 0 Å². The van der Waals surface area contributed by atoms with Crippen molar-refractivity contribution in [1.82, 2.24) is 9.80 Å². The van der Waals surface area contributed by atoms with E-state index in [-0.39, 0.29) is 24.2 Å². The van der Waals surface area contributed by atoms with Crippen LogP contribution in [0.1, 0.15) is 44.9 Å². The van der Waals surface area contributed by atoms with E-state index in [4.69, 9.17) is 10.2 Å². The number of aliphatic carboxylic acids is 2. The SMILES string of the molecule is CN(C)CCC(=O)N1CCC(CCC(=O)O)(CCC(=O)O)CC1. The van der Waals surface area contributed by atoms with Crippen LogP contribution in [0.4, 0.5) is 0 Å². The number of amides is 1. The van der Waals surface area contributed by atoms with Crippen molar-refractivity contribution in [2.75, 3.05) is 33.7 Å². The van der Waals surface area contributed by atoms with E-state index in [1.54, 1.807) is 0 Å². The molecule has 0 aliphatic carbocycles. The van der Waals surface area contributed by atoms with E-state index in [1.165, 1.54) is 0 Å². The highest BCUT2D eigenvalue weighted by Gasteiger charge is 2.36. The fourth-order valence-electron chi connectivity index (χ4n) is 3.08. The molecule has 0 radical (unpaired) electrons. The fourth-order valence-corrected chi connectivity index (χ4v) is 3.08. The number of rotatable bonds is 9. The molecule has 0 aromatic heterocycles. The van der Waals surface area contributed by atoms with Crippen LogP contribution >= 0.6 is 0 Å². The number of piperidine rings is 1. The molecule has 0 saturated carbocycles. The van der Waals surface area contributed by atoms with Gasteiger partial charge in [0.05, 0.1) is 0 Å². The molecule has 7 nitrogen and oxygen atoms in total. The predicted octanol–water partition coefficient (Wildman–Crippen LogP) is 1.28. The molecular weight excluding hydrogens is 300 g/mol. The maximum Gasteiger partial charge on any atom is 0.303 e. The molecule has 23 heavy (non-hydrogen) atoms. The molecule has 1 fully saturated rings. The van der Waals surface area contributed by atoms with Crippen LogP contribution < -0.4 is 0 Å². The number of carboxylic acid groups (broad SMARTS) is 2. The van der Waals surface area contributed by atoms with Gasteiger partial charge in [-0.25, -0.2) is 0 Å². The summed E-state index contributed by atoms with van der Waals surface area (Å²) in [5.41, 5.74) is -0.269. The average molecular weight is 328 g/mol. The lowest BCUT2D eigenvalue weighted by Crippen LogP contribution is -2.44. The Balaban J connectivity index is 2.58. The van der Waals surface area contributed by atoms with Gasteiger partial charge in [-0.1, -0.05) is 0 Å². The Kier molecular flexibility index (Phi) is 7.48. The van der Waals surface area contributed by atoms with Crippen LogP contribution in [0, 0.1) is 5.41 Å². The summed E-state index contributed by atoms with van der Waals surface area (Å²) in [7, 11) is 3.85. The molecule has 0 aromatic carbocycles. The first-order valence-electron chi connectivity index (χ1n) is 8.10. The molecule has 0 atom stereocenters. The minimum Gasteiger partial charge on any atom is -0.481 e. The predicted molar refractivity (Wildman–Crippen MR) is 85.2 cm³/mol. The van der Waals surface area contributed by atoms with Crippen LogP contribution in [0.2, 0.25) is 0 Å². The Bertz CT molecular complexity index is 408. The molecule has 7 heteroatoms. The molecular formula is C16H28N2O5. The van der Waals surface area contributed by atoms with Gasteiger partial charge in [-0.15, -0.1) is 0 Å². The molecule has 1 heterocycles. The molecule has 1 rings (SSSR count). The third kappa shape index (κ3) is 6.99. The highest BCUT2D eigenvalue weighted by atomic mass is 16.4. The van der Waals surface area contributed by atoms with Gasteiger partial charge >= 0.3 is 11.9 Å². The maximum atomic E-state index is 12.2. The summed E-state index contributed by atoms with van der Waals surface area (Å²) in [6, 6.07) is 0. The molecule has 0 unspecified atom stereocenters. The van der Waals surface area contributed by atoms with Crippen LogP contribution in [0.3, 0.4) is 0 Å². The van der Waals surface area contributed by atoms with Crippen molar-refractivity contribution in [3.63, 3.8) is 0 Å². The third-order valence-electron chi connectivity index (χ3n) is 4.69. The second kappa shape index (κ2) is 8.86. The topological polar surface area (TPSA) is 98.2 Å². The number of likely N-dealkylation sites (tertiary alicyclic amines) is 1. The van der Waals surface area contributed by atoms with Crippen LogP contribution in [0.5, 0.6) is 0 Å². The molecule has 0 aromatic rings. The first-order valence-corrected chi connectivity index (χ1v) is 8.10. The second-order valence-electron chi connectivity index (χ2n) is 6.72. The summed E-state index contributed by atoms with van der Waals surface area (Å²) in [4.78, 5) is 37.7. The Hall–Kier alpha value is -1.63. The van der Waals surface area contributed by atoms with Crippen LogP contribution in [0.25, 0.3) is 0 Å². The summed E-state index contributed by atoms with van der Waals surface area (Å²) in [5.74, 6) is -1.60. The van der Waals surface area contributed by atoms with Crippen molar-refractivity contribution in [3.05, 3.63) is 0 Å². The number of hydrogen-bond donors (Lipinski definition) is 2. The minimum absolute atomic E-state index is 0.0498. The van der Waals surface area contributed by atoms with Crippen molar-refractivity contribution in [1.29, 1.82) is 0 Å². The Morgan fingerprint density at radius 2 is 1.43 bits per heavy atom. The van der Waals surface area contributed by atoms with Crippen LogP contribution in [-0.2, 0) is 14.4 Å². The van der Waals surface area contributed by atoms with E-state index in [1.807, 2.05) is 23.9 Å². The van der Waals surface area contributed by atoms with Gasteiger partial charge in [-0.05, 0) is 45.2 Å². The minimum atomic E-state index is -0.857. The van der Waals surface area contributed by atoms with E-state index in [2.05, 4.69) is 0 Å². The zero-order valence-electron chi connectivity index (χ0n) is 14.1. The fraction of sp³-hybridized carbons (Fsp3) is 0.812. The van der Waals surface area contributed by atoms with Crippen LogP contribution in [-0.4, -0.2) is 71.6 Å². The monoisotopic (exact) mass is 328 g/mol. The molecule has 1 aliphatic rings. The summed E-state index contributed by atoms with van der Waals surface area (Å²) in [5, 5.41) is 17.8. The van der Waals surface area contributed by atoms with E-state index < -0.39 is 11.9 Å². The molecule has 1 aliphatic heterocycles. The lowest BCUT2D eigenvalue weighted by molar-refractivity contribution is -0.140. The van der Waals surface area contributed by atoms with Crippen molar-refractivity contribution in [2.45, 2.75) is 44.9 Å². The Labute approximate surface area is 137 Å². The first-order chi connectivity index (χ1) is 10.7. The van der Waals surface area contributed by atoms with Crippen LogP contribution in [0.15, 0.2) is 0 Å². The molecule has 1 saturated heterocycles. The molecule has 132 valence electrons. The van der Waals surface area contributed by atoms with Crippen molar-refractivity contribution >= 4 is 17.8 Å².